The Hall–Kier alpha value is -1.13. The Morgan fingerprint density at radius 2 is 2.00 bits per heavy atom. The SMILES string of the molecule is C=C(CC)c1ccccc1CS(=O)(=O)O. The van der Waals surface area contributed by atoms with Crippen molar-refractivity contribution in [3.05, 3.63) is 42.0 Å². The maximum Gasteiger partial charge on any atom is 0.269 e. The summed E-state index contributed by atoms with van der Waals surface area (Å²) in [7, 11) is -3.98. The molecule has 1 aromatic rings. The molecule has 0 saturated heterocycles. The number of rotatable bonds is 4. The van der Waals surface area contributed by atoms with Crippen LogP contribution < -0.4 is 0 Å². The van der Waals surface area contributed by atoms with Crippen LogP contribution in [0.1, 0.15) is 24.5 Å². The molecular weight excluding hydrogens is 212 g/mol. The molecule has 0 unspecified atom stereocenters. The van der Waals surface area contributed by atoms with Gasteiger partial charge in [0, 0.05) is 0 Å². The molecule has 1 aromatic carbocycles. The molecule has 0 amide bonds. The summed E-state index contributed by atoms with van der Waals surface area (Å²) in [6.45, 7) is 5.81. The highest BCUT2D eigenvalue weighted by Crippen LogP contribution is 2.21. The number of benzene rings is 1. The number of hydrogen-bond acceptors (Lipinski definition) is 2. The molecule has 0 radical (unpaired) electrons. The van der Waals surface area contributed by atoms with Gasteiger partial charge in [0.15, 0.2) is 0 Å². The summed E-state index contributed by atoms with van der Waals surface area (Å²) in [5.41, 5.74) is 2.26. The first-order chi connectivity index (χ1) is 6.94. The highest BCUT2D eigenvalue weighted by molar-refractivity contribution is 7.85. The monoisotopic (exact) mass is 226 g/mol. The van der Waals surface area contributed by atoms with Crippen molar-refractivity contribution in [2.24, 2.45) is 0 Å². The van der Waals surface area contributed by atoms with Gasteiger partial charge in [-0.3, -0.25) is 4.55 Å². The van der Waals surface area contributed by atoms with Gasteiger partial charge in [-0.05, 0) is 23.1 Å². The molecule has 0 spiro atoms. The predicted octanol–water partition coefficient (Wildman–Crippen LogP) is 2.50. The van der Waals surface area contributed by atoms with E-state index >= 15 is 0 Å². The van der Waals surface area contributed by atoms with Gasteiger partial charge in [0.1, 0.15) is 5.75 Å². The van der Waals surface area contributed by atoms with E-state index in [0.29, 0.717) is 5.56 Å². The molecule has 0 aromatic heterocycles. The van der Waals surface area contributed by atoms with Crippen LogP contribution in [0.2, 0.25) is 0 Å². The zero-order valence-electron chi connectivity index (χ0n) is 8.60. The van der Waals surface area contributed by atoms with Gasteiger partial charge in [0.25, 0.3) is 10.1 Å². The summed E-state index contributed by atoms with van der Waals surface area (Å²) in [6, 6.07) is 7.06. The van der Waals surface area contributed by atoms with E-state index in [2.05, 4.69) is 6.58 Å². The number of allylic oxidation sites excluding steroid dienone is 1. The molecule has 3 nitrogen and oxygen atoms in total. The topological polar surface area (TPSA) is 54.4 Å². The Bertz CT molecular complexity index is 460. The van der Waals surface area contributed by atoms with E-state index in [-0.39, 0.29) is 5.75 Å². The molecule has 1 rings (SSSR count). The quantitative estimate of drug-likeness (QED) is 0.802. The first-order valence-electron chi connectivity index (χ1n) is 4.65. The standard InChI is InChI=1S/C11H14O3S/c1-3-9(2)11-7-5-4-6-10(11)8-15(12,13)14/h4-7H,2-3,8H2,1H3,(H,12,13,14). The van der Waals surface area contributed by atoms with Crippen molar-refractivity contribution in [2.45, 2.75) is 19.1 Å². The first-order valence-corrected chi connectivity index (χ1v) is 6.26. The van der Waals surface area contributed by atoms with Crippen LogP contribution in [0.5, 0.6) is 0 Å². The molecule has 0 aliphatic rings. The maximum atomic E-state index is 10.8. The fourth-order valence-electron chi connectivity index (χ4n) is 1.38. The minimum absolute atomic E-state index is 0.359. The lowest BCUT2D eigenvalue weighted by atomic mass is 10.0. The molecule has 15 heavy (non-hydrogen) atoms. The summed E-state index contributed by atoms with van der Waals surface area (Å²) < 4.78 is 30.4. The van der Waals surface area contributed by atoms with Crippen molar-refractivity contribution >= 4 is 15.7 Å². The molecule has 0 atom stereocenters. The van der Waals surface area contributed by atoms with Crippen molar-refractivity contribution in [2.75, 3.05) is 0 Å². The summed E-state index contributed by atoms with van der Waals surface area (Å²) in [5.74, 6) is -0.359. The highest BCUT2D eigenvalue weighted by atomic mass is 32.2. The molecule has 0 bridgehead atoms. The lowest BCUT2D eigenvalue weighted by Crippen LogP contribution is -2.04. The van der Waals surface area contributed by atoms with Crippen LogP contribution in [0.4, 0.5) is 0 Å². The summed E-state index contributed by atoms with van der Waals surface area (Å²) in [6.07, 6.45) is 0.752. The summed E-state index contributed by atoms with van der Waals surface area (Å²) >= 11 is 0. The van der Waals surface area contributed by atoms with Crippen LogP contribution in [-0.2, 0) is 15.9 Å². The van der Waals surface area contributed by atoms with Crippen LogP contribution in [0.15, 0.2) is 30.8 Å². The molecule has 0 aliphatic carbocycles. The van der Waals surface area contributed by atoms with E-state index in [1.807, 2.05) is 19.1 Å². The molecular formula is C11H14O3S. The van der Waals surface area contributed by atoms with Gasteiger partial charge in [0.2, 0.25) is 0 Å². The minimum atomic E-state index is -3.98. The normalized spacial score (nSPS) is 11.3. The molecule has 0 aliphatic heterocycles. The van der Waals surface area contributed by atoms with Crippen molar-refractivity contribution < 1.29 is 13.0 Å². The van der Waals surface area contributed by atoms with Gasteiger partial charge in [-0.15, -0.1) is 0 Å². The molecule has 1 N–H and O–H groups in total. The van der Waals surface area contributed by atoms with E-state index in [1.165, 1.54) is 0 Å². The van der Waals surface area contributed by atoms with Crippen molar-refractivity contribution in [3.8, 4) is 0 Å². The fourth-order valence-corrected chi connectivity index (χ4v) is 2.02. The number of hydrogen-bond donors (Lipinski definition) is 1. The Morgan fingerprint density at radius 1 is 1.40 bits per heavy atom. The smallest absolute Gasteiger partial charge is 0.269 e. The maximum absolute atomic E-state index is 10.8. The minimum Gasteiger partial charge on any atom is -0.285 e. The first kappa shape index (κ1) is 11.9. The van der Waals surface area contributed by atoms with E-state index in [1.54, 1.807) is 12.1 Å². The van der Waals surface area contributed by atoms with Crippen molar-refractivity contribution in [1.29, 1.82) is 0 Å². The lowest BCUT2D eigenvalue weighted by molar-refractivity contribution is 0.482. The second kappa shape index (κ2) is 4.59. The second-order valence-corrected chi connectivity index (χ2v) is 4.79. The van der Waals surface area contributed by atoms with Crippen LogP contribution in [0, 0.1) is 0 Å². The van der Waals surface area contributed by atoms with Crippen LogP contribution in [0.3, 0.4) is 0 Å². The second-order valence-electron chi connectivity index (χ2n) is 3.34. The third-order valence-electron chi connectivity index (χ3n) is 2.16. The highest BCUT2D eigenvalue weighted by Gasteiger charge is 2.11. The molecule has 4 heteroatoms. The fraction of sp³-hybridized carbons (Fsp3) is 0.273. The molecule has 82 valence electrons. The largest absolute Gasteiger partial charge is 0.285 e. The summed E-state index contributed by atoms with van der Waals surface area (Å²) in [5, 5.41) is 0. The van der Waals surface area contributed by atoms with E-state index in [4.69, 9.17) is 4.55 Å². The van der Waals surface area contributed by atoms with Crippen LogP contribution in [0.25, 0.3) is 5.57 Å². The van der Waals surface area contributed by atoms with Crippen molar-refractivity contribution in [3.63, 3.8) is 0 Å². The molecule has 0 heterocycles. The van der Waals surface area contributed by atoms with E-state index in [9.17, 15) is 8.42 Å². The predicted molar refractivity (Wildman–Crippen MR) is 61.0 cm³/mol. The third-order valence-corrected chi connectivity index (χ3v) is 2.84. The van der Waals surface area contributed by atoms with E-state index < -0.39 is 10.1 Å². The Morgan fingerprint density at radius 3 is 2.53 bits per heavy atom. The Labute approximate surface area is 90.2 Å². The zero-order chi connectivity index (χ0) is 11.5. The Balaban J connectivity index is 3.13. The molecule has 0 saturated carbocycles. The van der Waals surface area contributed by atoms with Gasteiger partial charge in [0.05, 0.1) is 0 Å². The van der Waals surface area contributed by atoms with E-state index in [0.717, 1.165) is 17.6 Å². The van der Waals surface area contributed by atoms with Gasteiger partial charge >= 0.3 is 0 Å². The van der Waals surface area contributed by atoms with Crippen molar-refractivity contribution in [1.82, 2.24) is 0 Å². The van der Waals surface area contributed by atoms with Gasteiger partial charge in [-0.25, -0.2) is 0 Å². The third kappa shape index (κ3) is 3.49. The summed E-state index contributed by atoms with van der Waals surface area (Å²) in [4.78, 5) is 0. The van der Waals surface area contributed by atoms with Crippen LogP contribution in [-0.4, -0.2) is 13.0 Å². The van der Waals surface area contributed by atoms with Gasteiger partial charge in [-0.1, -0.05) is 37.8 Å². The average Bonchev–Trinajstić information content (AvgIpc) is 2.15. The molecule has 0 fully saturated rings. The van der Waals surface area contributed by atoms with Gasteiger partial charge < -0.3 is 0 Å². The lowest BCUT2D eigenvalue weighted by Gasteiger charge is -2.08. The average molecular weight is 226 g/mol. The van der Waals surface area contributed by atoms with Gasteiger partial charge in [-0.2, -0.15) is 8.42 Å². The van der Waals surface area contributed by atoms with Crippen LogP contribution >= 0.6 is 0 Å². The Kier molecular flexibility index (Phi) is 3.66. The zero-order valence-corrected chi connectivity index (χ0v) is 9.42.